The lowest BCUT2D eigenvalue weighted by molar-refractivity contribution is -0.135. The first-order chi connectivity index (χ1) is 12.6. The molecule has 7 heteroatoms. The van der Waals surface area contributed by atoms with Gasteiger partial charge in [-0.3, -0.25) is 9.59 Å². The van der Waals surface area contributed by atoms with Gasteiger partial charge in [-0.15, -0.1) is 0 Å². The summed E-state index contributed by atoms with van der Waals surface area (Å²) in [6.45, 7) is 6.63. The predicted molar refractivity (Wildman–Crippen MR) is 99.6 cm³/mol. The van der Waals surface area contributed by atoms with Crippen LogP contribution in [0.4, 0.5) is 20.2 Å². The topological polar surface area (TPSA) is 67.4 Å². The molecule has 2 rings (SSSR count). The van der Waals surface area contributed by atoms with E-state index in [1.165, 1.54) is 13.8 Å². The summed E-state index contributed by atoms with van der Waals surface area (Å²) < 4.78 is 32.2. The molecule has 0 heterocycles. The number of nitrogens with one attached hydrogen (secondary N) is 2. The number of carbonyl (C=O) groups is 2. The molecule has 0 aromatic heterocycles. The molecule has 0 spiro atoms. The van der Waals surface area contributed by atoms with Crippen molar-refractivity contribution in [3.63, 3.8) is 0 Å². The van der Waals surface area contributed by atoms with Gasteiger partial charge in [0, 0.05) is 11.8 Å². The Labute approximate surface area is 156 Å². The molecular weight excluding hydrogens is 354 g/mol. The normalized spacial score (nSPS) is 11.2. The van der Waals surface area contributed by atoms with Crippen LogP contribution in [0.25, 0.3) is 0 Å². The standard InChI is InChI=1S/C20H22F2N2O3/c1-12(2)27-15-8-6-14(7-9-15)23-18(25)20(3,4)19(26)24-17-10-5-13(21)11-16(17)22/h5-12H,1-4H3,(H,23,25)(H,24,26). The molecule has 0 atom stereocenters. The molecule has 0 aliphatic carbocycles. The summed E-state index contributed by atoms with van der Waals surface area (Å²) in [6.07, 6.45) is 0.0277. The molecular formula is C20H22F2N2O3. The highest BCUT2D eigenvalue weighted by atomic mass is 19.1. The molecule has 0 aliphatic heterocycles. The van der Waals surface area contributed by atoms with Gasteiger partial charge < -0.3 is 15.4 Å². The highest BCUT2D eigenvalue weighted by Gasteiger charge is 2.36. The molecule has 0 radical (unpaired) electrons. The van der Waals surface area contributed by atoms with Crippen LogP contribution in [0.1, 0.15) is 27.7 Å². The van der Waals surface area contributed by atoms with E-state index in [-0.39, 0.29) is 11.8 Å². The van der Waals surface area contributed by atoms with Crippen molar-refractivity contribution in [1.29, 1.82) is 0 Å². The Morgan fingerprint density at radius 1 is 0.963 bits per heavy atom. The van der Waals surface area contributed by atoms with Crippen LogP contribution in [0.15, 0.2) is 42.5 Å². The number of hydrogen-bond acceptors (Lipinski definition) is 3. The molecule has 0 bridgehead atoms. The molecule has 0 aliphatic rings. The van der Waals surface area contributed by atoms with Crippen LogP contribution < -0.4 is 15.4 Å². The second-order valence-electron chi connectivity index (χ2n) is 6.85. The average Bonchev–Trinajstić information content (AvgIpc) is 2.58. The van der Waals surface area contributed by atoms with Gasteiger partial charge in [-0.25, -0.2) is 8.78 Å². The summed E-state index contributed by atoms with van der Waals surface area (Å²) in [5.74, 6) is -2.30. The van der Waals surface area contributed by atoms with Crippen LogP contribution in [-0.2, 0) is 9.59 Å². The number of rotatable bonds is 6. The van der Waals surface area contributed by atoms with Gasteiger partial charge in [-0.2, -0.15) is 0 Å². The maximum Gasteiger partial charge on any atom is 0.239 e. The molecule has 0 saturated carbocycles. The van der Waals surface area contributed by atoms with Crippen molar-refractivity contribution in [2.24, 2.45) is 5.41 Å². The molecule has 144 valence electrons. The Morgan fingerprint density at radius 2 is 1.56 bits per heavy atom. The van der Waals surface area contributed by atoms with Crippen molar-refractivity contribution in [3.05, 3.63) is 54.1 Å². The van der Waals surface area contributed by atoms with Crippen molar-refractivity contribution in [2.45, 2.75) is 33.8 Å². The monoisotopic (exact) mass is 376 g/mol. The summed E-state index contributed by atoms with van der Waals surface area (Å²) in [5, 5.41) is 4.96. The van der Waals surface area contributed by atoms with E-state index in [9.17, 15) is 18.4 Å². The number of ether oxygens (including phenoxy) is 1. The van der Waals surface area contributed by atoms with E-state index in [0.29, 0.717) is 17.5 Å². The fourth-order valence-corrected chi connectivity index (χ4v) is 2.15. The van der Waals surface area contributed by atoms with Crippen molar-refractivity contribution in [1.82, 2.24) is 0 Å². The second kappa shape index (κ2) is 8.16. The van der Waals surface area contributed by atoms with Crippen LogP contribution in [0.2, 0.25) is 0 Å². The highest BCUT2D eigenvalue weighted by molar-refractivity contribution is 6.14. The Balaban J connectivity index is 2.06. The zero-order valence-corrected chi connectivity index (χ0v) is 15.6. The minimum absolute atomic E-state index is 0.0277. The predicted octanol–water partition coefficient (Wildman–Crippen LogP) is 4.36. The van der Waals surface area contributed by atoms with E-state index in [2.05, 4.69) is 10.6 Å². The third-order valence-corrected chi connectivity index (χ3v) is 3.80. The first kappa shape index (κ1) is 20.4. The van der Waals surface area contributed by atoms with Crippen LogP contribution >= 0.6 is 0 Å². The van der Waals surface area contributed by atoms with E-state index in [0.717, 1.165) is 12.1 Å². The first-order valence-electron chi connectivity index (χ1n) is 8.44. The van der Waals surface area contributed by atoms with Crippen LogP contribution in [0.3, 0.4) is 0 Å². The summed E-state index contributed by atoms with van der Waals surface area (Å²) in [7, 11) is 0. The number of amides is 2. The Hall–Kier alpha value is -2.96. The zero-order valence-electron chi connectivity index (χ0n) is 15.6. The van der Waals surface area contributed by atoms with Gasteiger partial charge in [0.15, 0.2) is 0 Å². The zero-order chi connectivity index (χ0) is 20.2. The lowest BCUT2D eigenvalue weighted by Gasteiger charge is -2.23. The number of benzene rings is 2. The molecule has 0 unspecified atom stereocenters. The van der Waals surface area contributed by atoms with Gasteiger partial charge in [-0.1, -0.05) is 0 Å². The molecule has 2 N–H and O–H groups in total. The van der Waals surface area contributed by atoms with Crippen LogP contribution in [-0.4, -0.2) is 17.9 Å². The minimum Gasteiger partial charge on any atom is -0.491 e. The number of anilines is 2. The summed E-state index contributed by atoms with van der Waals surface area (Å²) >= 11 is 0. The van der Waals surface area contributed by atoms with E-state index < -0.39 is 28.9 Å². The third-order valence-electron chi connectivity index (χ3n) is 3.80. The lowest BCUT2D eigenvalue weighted by Crippen LogP contribution is -2.41. The fourth-order valence-electron chi connectivity index (χ4n) is 2.15. The molecule has 0 fully saturated rings. The van der Waals surface area contributed by atoms with Crippen molar-refractivity contribution >= 4 is 23.2 Å². The number of halogens is 2. The number of carbonyl (C=O) groups excluding carboxylic acids is 2. The van der Waals surface area contributed by atoms with Gasteiger partial charge in [0.05, 0.1) is 11.8 Å². The van der Waals surface area contributed by atoms with Crippen LogP contribution in [0, 0.1) is 17.0 Å². The maximum atomic E-state index is 13.7. The molecule has 5 nitrogen and oxygen atoms in total. The quantitative estimate of drug-likeness (QED) is 0.737. The molecule has 27 heavy (non-hydrogen) atoms. The van der Waals surface area contributed by atoms with Gasteiger partial charge in [0.2, 0.25) is 11.8 Å². The van der Waals surface area contributed by atoms with Gasteiger partial charge in [-0.05, 0) is 64.1 Å². The average molecular weight is 376 g/mol. The van der Waals surface area contributed by atoms with Gasteiger partial charge in [0.1, 0.15) is 22.8 Å². The molecule has 2 aromatic carbocycles. The van der Waals surface area contributed by atoms with E-state index in [1.807, 2.05) is 13.8 Å². The van der Waals surface area contributed by atoms with Crippen molar-refractivity contribution < 1.29 is 23.1 Å². The third kappa shape index (κ3) is 5.26. The summed E-state index contributed by atoms with van der Waals surface area (Å²) in [5.41, 5.74) is -1.20. The minimum atomic E-state index is -1.49. The smallest absolute Gasteiger partial charge is 0.239 e. The van der Waals surface area contributed by atoms with E-state index >= 15 is 0 Å². The molecule has 2 aromatic rings. The maximum absolute atomic E-state index is 13.7. The SMILES string of the molecule is CC(C)Oc1ccc(NC(=O)C(C)(C)C(=O)Nc2ccc(F)cc2F)cc1. The summed E-state index contributed by atoms with van der Waals surface area (Å²) in [6, 6.07) is 9.50. The lowest BCUT2D eigenvalue weighted by atomic mass is 9.90. The van der Waals surface area contributed by atoms with Gasteiger partial charge in [0.25, 0.3) is 0 Å². The largest absolute Gasteiger partial charge is 0.491 e. The van der Waals surface area contributed by atoms with E-state index in [1.54, 1.807) is 24.3 Å². The Bertz CT molecular complexity index is 834. The number of hydrogen-bond donors (Lipinski definition) is 2. The molecule has 2 amide bonds. The van der Waals surface area contributed by atoms with Crippen molar-refractivity contribution in [3.8, 4) is 5.75 Å². The Kier molecular flexibility index (Phi) is 6.15. The summed E-state index contributed by atoms with van der Waals surface area (Å²) in [4.78, 5) is 24.9. The van der Waals surface area contributed by atoms with Crippen LogP contribution in [0.5, 0.6) is 5.75 Å². The molecule has 0 saturated heterocycles. The first-order valence-corrected chi connectivity index (χ1v) is 8.44. The second-order valence-corrected chi connectivity index (χ2v) is 6.85. The van der Waals surface area contributed by atoms with Crippen molar-refractivity contribution in [2.75, 3.05) is 10.6 Å². The fraction of sp³-hybridized carbons (Fsp3) is 0.300. The highest BCUT2D eigenvalue weighted by Crippen LogP contribution is 2.24. The van der Waals surface area contributed by atoms with E-state index in [4.69, 9.17) is 4.74 Å². The Morgan fingerprint density at radius 3 is 2.11 bits per heavy atom. The van der Waals surface area contributed by atoms with Gasteiger partial charge >= 0.3 is 0 Å².